The van der Waals surface area contributed by atoms with Crippen LogP contribution >= 0.6 is 22.9 Å². The van der Waals surface area contributed by atoms with E-state index in [1.165, 1.54) is 12.8 Å². The van der Waals surface area contributed by atoms with Gasteiger partial charge in [-0.25, -0.2) is 9.97 Å². The van der Waals surface area contributed by atoms with Crippen molar-refractivity contribution >= 4 is 28.1 Å². The fraction of sp³-hybridized carbons (Fsp3) is 0.538. The molecule has 2 aromatic heterocycles. The molecule has 0 saturated carbocycles. The lowest BCUT2D eigenvalue weighted by atomic mass is 10.2. The highest BCUT2D eigenvalue weighted by Gasteiger charge is 2.38. The summed E-state index contributed by atoms with van der Waals surface area (Å²) in [5.74, 6) is 1.26. The van der Waals surface area contributed by atoms with E-state index in [0.29, 0.717) is 23.1 Å². The Morgan fingerprint density at radius 1 is 1.33 bits per heavy atom. The van der Waals surface area contributed by atoms with Gasteiger partial charge in [0.05, 0.1) is 25.3 Å². The lowest BCUT2D eigenvalue weighted by Crippen LogP contribution is -2.45. The van der Waals surface area contributed by atoms with Crippen molar-refractivity contribution in [2.45, 2.75) is 31.5 Å². The number of morpholine rings is 1. The van der Waals surface area contributed by atoms with Crippen molar-refractivity contribution in [1.29, 1.82) is 0 Å². The highest BCUT2D eigenvalue weighted by atomic mass is 35.5. The molecule has 0 aromatic carbocycles. The van der Waals surface area contributed by atoms with E-state index in [4.69, 9.17) is 21.3 Å². The van der Waals surface area contributed by atoms with E-state index in [0.717, 1.165) is 24.2 Å². The molecule has 4 heterocycles. The molecule has 2 fully saturated rings. The van der Waals surface area contributed by atoms with E-state index in [1.54, 1.807) is 22.1 Å². The van der Waals surface area contributed by atoms with E-state index in [-0.39, 0.29) is 6.61 Å². The summed E-state index contributed by atoms with van der Waals surface area (Å²) in [6, 6.07) is 0.873. The second-order valence-electron chi connectivity index (χ2n) is 5.33. The second kappa shape index (κ2) is 5.24. The molecule has 21 heavy (non-hydrogen) atoms. The molecule has 2 saturated heterocycles. The lowest BCUT2D eigenvalue weighted by Gasteiger charge is -2.34. The molecule has 112 valence electrons. The Hall–Kier alpha value is -1.15. The summed E-state index contributed by atoms with van der Waals surface area (Å²) in [7, 11) is 0. The third-order valence-electron chi connectivity index (χ3n) is 4.08. The number of anilines is 1. The Bertz CT molecular complexity index is 642. The third kappa shape index (κ3) is 2.24. The Kier molecular flexibility index (Phi) is 3.37. The average Bonchev–Trinajstić information content (AvgIpc) is 3.15. The Morgan fingerprint density at radius 3 is 2.81 bits per heavy atom. The quantitative estimate of drug-likeness (QED) is 0.932. The fourth-order valence-corrected chi connectivity index (χ4v) is 4.26. The maximum absolute atomic E-state index is 9.35. The van der Waals surface area contributed by atoms with Crippen molar-refractivity contribution in [2.24, 2.45) is 0 Å². The molecule has 2 atom stereocenters. The molecular formula is C13H15ClN4O2S. The number of aliphatic hydroxyl groups is 1. The zero-order valence-corrected chi connectivity index (χ0v) is 12.8. The third-order valence-corrected chi connectivity index (χ3v) is 5.10. The number of fused-ring (bicyclic) bond motifs is 2. The van der Waals surface area contributed by atoms with Gasteiger partial charge >= 0.3 is 0 Å². The molecule has 0 unspecified atom stereocenters. The minimum atomic E-state index is -0.164. The van der Waals surface area contributed by atoms with Crippen LogP contribution in [-0.2, 0) is 11.3 Å². The minimum absolute atomic E-state index is 0.164. The summed E-state index contributed by atoms with van der Waals surface area (Å²) in [6.07, 6.45) is 4.01. The summed E-state index contributed by atoms with van der Waals surface area (Å²) < 4.78 is 7.35. The Morgan fingerprint density at radius 2 is 2.10 bits per heavy atom. The normalized spacial score (nSPS) is 24.8. The fourth-order valence-electron chi connectivity index (χ4n) is 3.12. The van der Waals surface area contributed by atoms with Crippen molar-refractivity contribution in [3.8, 4) is 5.82 Å². The van der Waals surface area contributed by atoms with Gasteiger partial charge in [0.25, 0.3) is 0 Å². The molecule has 1 N–H and O–H groups in total. The molecule has 2 bridgehead atoms. The van der Waals surface area contributed by atoms with Gasteiger partial charge in [0.1, 0.15) is 17.6 Å². The molecule has 2 aliphatic heterocycles. The van der Waals surface area contributed by atoms with Crippen LogP contribution in [0.25, 0.3) is 5.82 Å². The first kappa shape index (κ1) is 13.5. The van der Waals surface area contributed by atoms with Gasteiger partial charge < -0.3 is 14.7 Å². The average molecular weight is 327 g/mol. The number of nitrogens with zero attached hydrogens (tertiary/aromatic N) is 4. The Labute approximate surface area is 131 Å². The van der Waals surface area contributed by atoms with Crippen molar-refractivity contribution in [3.63, 3.8) is 0 Å². The van der Waals surface area contributed by atoms with Crippen molar-refractivity contribution in [3.05, 3.63) is 22.6 Å². The van der Waals surface area contributed by atoms with E-state index in [2.05, 4.69) is 9.88 Å². The van der Waals surface area contributed by atoms with Crippen LogP contribution < -0.4 is 4.90 Å². The molecule has 2 aromatic rings. The van der Waals surface area contributed by atoms with Crippen LogP contribution in [0.5, 0.6) is 0 Å². The van der Waals surface area contributed by atoms with Crippen molar-refractivity contribution in [1.82, 2.24) is 14.5 Å². The van der Waals surface area contributed by atoms with Crippen LogP contribution in [0.15, 0.2) is 11.6 Å². The maximum Gasteiger partial charge on any atom is 0.188 e. The van der Waals surface area contributed by atoms with Gasteiger partial charge in [0.2, 0.25) is 0 Å². The lowest BCUT2D eigenvalue weighted by molar-refractivity contribution is 0.0906. The smallest absolute Gasteiger partial charge is 0.188 e. The Balaban J connectivity index is 1.67. The van der Waals surface area contributed by atoms with Gasteiger partial charge in [-0.1, -0.05) is 11.6 Å². The van der Waals surface area contributed by atoms with Gasteiger partial charge in [0.15, 0.2) is 10.9 Å². The predicted octanol–water partition coefficient (Wildman–Crippen LogP) is 1.84. The van der Waals surface area contributed by atoms with Crippen LogP contribution in [0.2, 0.25) is 5.15 Å². The van der Waals surface area contributed by atoms with Gasteiger partial charge in [-0.3, -0.25) is 4.57 Å². The SMILES string of the molecule is OCc1nc(Cl)cn1-c1csc(N2[C@@H]3CC[C@H]2COC3)n1. The van der Waals surface area contributed by atoms with Crippen LogP contribution in [0.4, 0.5) is 5.13 Å². The molecule has 0 aliphatic carbocycles. The molecular weight excluding hydrogens is 312 g/mol. The largest absolute Gasteiger partial charge is 0.388 e. The van der Waals surface area contributed by atoms with E-state index in [1.807, 2.05) is 5.38 Å². The topological polar surface area (TPSA) is 63.4 Å². The standard InChI is InChI=1S/C13H15ClN4O2S/c14-10-3-17(11(4-19)15-10)12-7-21-13(16-12)18-8-1-2-9(18)6-20-5-8/h3,7-9,19H,1-2,4-6H2/t8-,9+. The predicted molar refractivity (Wildman–Crippen MR) is 80.3 cm³/mol. The van der Waals surface area contributed by atoms with Gasteiger partial charge in [-0.2, -0.15) is 0 Å². The first-order valence-electron chi connectivity index (χ1n) is 6.93. The zero-order valence-electron chi connectivity index (χ0n) is 11.3. The molecule has 0 spiro atoms. The number of hydrogen-bond donors (Lipinski definition) is 1. The van der Waals surface area contributed by atoms with Gasteiger partial charge in [-0.15, -0.1) is 11.3 Å². The van der Waals surface area contributed by atoms with Crippen LogP contribution in [-0.4, -0.2) is 44.9 Å². The number of ether oxygens (including phenoxy) is 1. The first-order valence-corrected chi connectivity index (χ1v) is 8.18. The zero-order chi connectivity index (χ0) is 14.4. The van der Waals surface area contributed by atoms with Gasteiger partial charge in [-0.05, 0) is 12.8 Å². The van der Waals surface area contributed by atoms with Crippen molar-refractivity contribution < 1.29 is 9.84 Å². The number of rotatable bonds is 3. The van der Waals surface area contributed by atoms with Crippen LogP contribution in [0.1, 0.15) is 18.7 Å². The molecule has 0 radical (unpaired) electrons. The summed E-state index contributed by atoms with van der Waals surface area (Å²) in [6.45, 7) is 1.40. The molecule has 6 nitrogen and oxygen atoms in total. The van der Waals surface area contributed by atoms with Crippen molar-refractivity contribution in [2.75, 3.05) is 18.1 Å². The second-order valence-corrected chi connectivity index (χ2v) is 6.55. The van der Waals surface area contributed by atoms with E-state index in [9.17, 15) is 5.11 Å². The summed E-state index contributed by atoms with van der Waals surface area (Å²) in [4.78, 5) is 11.2. The van der Waals surface area contributed by atoms with Crippen LogP contribution in [0, 0.1) is 0 Å². The maximum atomic E-state index is 9.35. The minimum Gasteiger partial charge on any atom is -0.388 e. The highest BCUT2D eigenvalue weighted by molar-refractivity contribution is 7.14. The number of hydrogen-bond acceptors (Lipinski definition) is 6. The number of halogens is 1. The van der Waals surface area contributed by atoms with Crippen LogP contribution in [0.3, 0.4) is 0 Å². The number of aliphatic hydroxyl groups excluding tert-OH is 1. The molecule has 0 amide bonds. The summed E-state index contributed by atoms with van der Waals surface area (Å²) in [5, 5.41) is 12.7. The number of imidazole rings is 1. The molecule has 2 aliphatic rings. The van der Waals surface area contributed by atoms with E-state index >= 15 is 0 Å². The molecule has 4 rings (SSSR count). The summed E-state index contributed by atoms with van der Waals surface area (Å²) in [5.41, 5.74) is 0. The van der Waals surface area contributed by atoms with Gasteiger partial charge in [0, 0.05) is 11.6 Å². The molecule has 8 heteroatoms. The van der Waals surface area contributed by atoms with E-state index < -0.39 is 0 Å². The monoisotopic (exact) mass is 326 g/mol. The summed E-state index contributed by atoms with van der Waals surface area (Å²) >= 11 is 7.52. The first-order chi connectivity index (χ1) is 10.3. The highest BCUT2D eigenvalue weighted by Crippen LogP contribution is 2.36. The number of aromatic nitrogens is 3. The number of thiazole rings is 1.